The summed E-state index contributed by atoms with van der Waals surface area (Å²) in [6.45, 7) is 2.88. The molecule has 7 nitrogen and oxygen atoms in total. The molecule has 0 radical (unpaired) electrons. The van der Waals surface area contributed by atoms with E-state index in [4.69, 9.17) is 9.84 Å². The van der Waals surface area contributed by atoms with Crippen molar-refractivity contribution >= 4 is 11.7 Å². The van der Waals surface area contributed by atoms with Crippen molar-refractivity contribution in [2.75, 3.05) is 32.1 Å². The standard InChI is InChI=1S/C26H37N5O2/c1-30-25(15-24(29-30)18-6-4-3-5-7-18)23-17-31-13-12-19(23)14-21(31)16-27-26(32)28-20-8-10-22(33-2)11-9-20/h8-11,15,18-19,21,23H,3-7,12-14,16-17H2,1-2H3,(H2,27,28,32)/t19-,21+,23-/m0/s1. The smallest absolute Gasteiger partial charge is 0.319 e. The van der Waals surface area contributed by atoms with Crippen LogP contribution in [0.1, 0.15) is 68.2 Å². The summed E-state index contributed by atoms with van der Waals surface area (Å²) < 4.78 is 7.33. The van der Waals surface area contributed by atoms with Crippen LogP contribution in [-0.4, -0.2) is 53.5 Å². The van der Waals surface area contributed by atoms with Gasteiger partial charge in [-0.25, -0.2) is 4.79 Å². The molecule has 1 aliphatic carbocycles. The molecule has 2 amide bonds. The van der Waals surface area contributed by atoms with E-state index in [0.29, 0.717) is 30.3 Å². The molecule has 4 aliphatic rings. The summed E-state index contributed by atoms with van der Waals surface area (Å²) >= 11 is 0. The van der Waals surface area contributed by atoms with Gasteiger partial charge in [0.05, 0.1) is 12.8 Å². The van der Waals surface area contributed by atoms with Crippen molar-refractivity contribution in [3.05, 3.63) is 41.7 Å². The average Bonchev–Trinajstić information content (AvgIpc) is 3.25. The Balaban J connectivity index is 1.16. The maximum absolute atomic E-state index is 12.4. The van der Waals surface area contributed by atoms with Crippen LogP contribution in [0.15, 0.2) is 30.3 Å². The minimum absolute atomic E-state index is 0.150. The van der Waals surface area contributed by atoms with Crippen LogP contribution in [0.5, 0.6) is 5.75 Å². The molecule has 3 saturated heterocycles. The highest BCUT2D eigenvalue weighted by atomic mass is 16.5. The molecular weight excluding hydrogens is 414 g/mol. The Morgan fingerprint density at radius 2 is 1.94 bits per heavy atom. The first-order valence-corrected chi connectivity index (χ1v) is 12.6. The molecule has 1 aromatic carbocycles. The van der Waals surface area contributed by atoms with E-state index in [-0.39, 0.29) is 6.03 Å². The number of fused-ring (bicyclic) bond motifs is 3. The fourth-order valence-corrected chi connectivity index (χ4v) is 6.20. The summed E-state index contributed by atoms with van der Waals surface area (Å²) in [5.74, 6) is 2.65. The fraction of sp³-hybridized carbons (Fsp3) is 0.615. The summed E-state index contributed by atoms with van der Waals surface area (Å²) in [7, 11) is 3.76. The second-order valence-corrected chi connectivity index (χ2v) is 10.1. The van der Waals surface area contributed by atoms with Crippen LogP contribution in [0.4, 0.5) is 10.5 Å². The summed E-state index contributed by atoms with van der Waals surface area (Å²) in [6, 6.07) is 10.1. The molecule has 178 valence electrons. The minimum Gasteiger partial charge on any atom is -0.497 e. The summed E-state index contributed by atoms with van der Waals surface area (Å²) in [4.78, 5) is 15.0. The molecule has 3 aliphatic heterocycles. The summed E-state index contributed by atoms with van der Waals surface area (Å²) in [6.07, 6.45) is 9.03. The lowest BCUT2D eigenvalue weighted by Gasteiger charge is -2.49. The molecule has 33 heavy (non-hydrogen) atoms. The zero-order valence-electron chi connectivity index (χ0n) is 19.9. The minimum atomic E-state index is -0.150. The SMILES string of the molecule is COc1ccc(NC(=O)NC[C@H]2C[C@@H]3CCN2C[C@@H]3c2cc(C3CCCCC3)nn2C)cc1. The number of ether oxygens (including phenoxy) is 1. The van der Waals surface area contributed by atoms with Crippen molar-refractivity contribution in [2.24, 2.45) is 13.0 Å². The van der Waals surface area contributed by atoms with Gasteiger partial charge in [0, 0.05) is 49.4 Å². The van der Waals surface area contributed by atoms with Gasteiger partial charge in [-0.05, 0) is 68.5 Å². The third-order valence-electron chi connectivity index (χ3n) is 8.06. The van der Waals surface area contributed by atoms with Crippen LogP contribution in [0.25, 0.3) is 0 Å². The molecule has 1 saturated carbocycles. The van der Waals surface area contributed by atoms with Crippen molar-refractivity contribution in [1.29, 1.82) is 0 Å². The highest BCUT2D eigenvalue weighted by molar-refractivity contribution is 5.89. The molecule has 2 N–H and O–H groups in total. The van der Waals surface area contributed by atoms with Gasteiger partial charge in [0.2, 0.25) is 0 Å². The fourth-order valence-electron chi connectivity index (χ4n) is 6.20. The molecule has 4 fully saturated rings. The van der Waals surface area contributed by atoms with Crippen LogP contribution in [-0.2, 0) is 7.05 Å². The van der Waals surface area contributed by atoms with Gasteiger partial charge in [0.15, 0.2) is 0 Å². The van der Waals surface area contributed by atoms with Gasteiger partial charge < -0.3 is 15.4 Å². The van der Waals surface area contributed by atoms with Crippen molar-refractivity contribution in [3.63, 3.8) is 0 Å². The predicted molar refractivity (Wildman–Crippen MR) is 130 cm³/mol. The first kappa shape index (κ1) is 22.3. The van der Waals surface area contributed by atoms with E-state index in [2.05, 4.69) is 33.3 Å². The molecule has 6 rings (SSSR count). The van der Waals surface area contributed by atoms with Crippen LogP contribution in [0.2, 0.25) is 0 Å². The van der Waals surface area contributed by atoms with Crippen LogP contribution in [0.3, 0.4) is 0 Å². The van der Waals surface area contributed by atoms with Gasteiger partial charge in [-0.15, -0.1) is 0 Å². The van der Waals surface area contributed by atoms with Gasteiger partial charge >= 0.3 is 6.03 Å². The van der Waals surface area contributed by atoms with Crippen LogP contribution < -0.4 is 15.4 Å². The number of aromatic nitrogens is 2. The highest BCUT2D eigenvalue weighted by Gasteiger charge is 2.42. The first-order chi connectivity index (χ1) is 16.1. The first-order valence-electron chi connectivity index (χ1n) is 12.6. The van der Waals surface area contributed by atoms with Gasteiger partial charge in [-0.2, -0.15) is 5.10 Å². The number of benzene rings is 1. The molecule has 2 bridgehead atoms. The Kier molecular flexibility index (Phi) is 6.58. The number of aryl methyl sites for hydroxylation is 1. The molecule has 0 spiro atoms. The number of amides is 2. The molecule has 1 unspecified atom stereocenters. The predicted octanol–water partition coefficient (Wildman–Crippen LogP) is 4.48. The normalized spacial score (nSPS) is 27.3. The van der Waals surface area contributed by atoms with Gasteiger partial charge in [0.25, 0.3) is 0 Å². The van der Waals surface area contributed by atoms with Gasteiger partial charge in [-0.3, -0.25) is 9.58 Å². The molecule has 7 heteroatoms. The second-order valence-electron chi connectivity index (χ2n) is 10.1. The number of anilines is 1. The Bertz CT molecular complexity index is 950. The molecule has 4 heterocycles. The lowest BCUT2D eigenvalue weighted by molar-refractivity contribution is 0.0296. The van der Waals surface area contributed by atoms with E-state index in [1.165, 1.54) is 49.9 Å². The van der Waals surface area contributed by atoms with E-state index in [1.807, 2.05) is 24.3 Å². The topological polar surface area (TPSA) is 71.4 Å². The highest BCUT2D eigenvalue weighted by Crippen LogP contribution is 2.42. The van der Waals surface area contributed by atoms with E-state index in [0.717, 1.165) is 30.9 Å². The number of rotatable bonds is 6. The summed E-state index contributed by atoms with van der Waals surface area (Å²) in [5, 5.41) is 11.0. The zero-order chi connectivity index (χ0) is 22.8. The number of carbonyl (C=O) groups excluding carboxylic acids is 1. The Morgan fingerprint density at radius 3 is 2.64 bits per heavy atom. The molecular formula is C26H37N5O2. The number of piperidine rings is 3. The number of methoxy groups -OCH3 is 1. The number of nitrogens with zero attached hydrogens (tertiary/aromatic N) is 3. The molecule has 1 aromatic heterocycles. The Morgan fingerprint density at radius 1 is 1.15 bits per heavy atom. The zero-order valence-corrected chi connectivity index (χ0v) is 19.9. The van der Waals surface area contributed by atoms with Crippen LogP contribution >= 0.6 is 0 Å². The van der Waals surface area contributed by atoms with Gasteiger partial charge in [-0.1, -0.05) is 19.3 Å². The quantitative estimate of drug-likeness (QED) is 0.680. The Labute approximate surface area is 196 Å². The largest absolute Gasteiger partial charge is 0.497 e. The third-order valence-corrected chi connectivity index (χ3v) is 8.06. The third kappa shape index (κ3) is 4.88. The number of nitrogens with one attached hydrogen (secondary N) is 2. The van der Waals surface area contributed by atoms with E-state index in [1.54, 1.807) is 7.11 Å². The number of carbonyl (C=O) groups is 1. The van der Waals surface area contributed by atoms with Crippen molar-refractivity contribution < 1.29 is 9.53 Å². The van der Waals surface area contributed by atoms with Crippen molar-refractivity contribution in [2.45, 2.75) is 62.8 Å². The lowest BCUT2D eigenvalue weighted by atomic mass is 9.74. The lowest BCUT2D eigenvalue weighted by Crippen LogP contribution is -2.56. The van der Waals surface area contributed by atoms with E-state index >= 15 is 0 Å². The average molecular weight is 452 g/mol. The number of hydrogen-bond acceptors (Lipinski definition) is 4. The van der Waals surface area contributed by atoms with Crippen LogP contribution in [0, 0.1) is 5.92 Å². The van der Waals surface area contributed by atoms with Gasteiger partial charge in [0.1, 0.15) is 5.75 Å². The maximum atomic E-state index is 12.4. The Hall–Kier alpha value is -2.54. The van der Waals surface area contributed by atoms with Crippen molar-refractivity contribution in [1.82, 2.24) is 20.0 Å². The van der Waals surface area contributed by atoms with Crippen molar-refractivity contribution in [3.8, 4) is 5.75 Å². The molecule has 2 aromatic rings. The van der Waals surface area contributed by atoms with E-state index < -0.39 is 0 Å². The summed E-state index contributed by atoms with van der Waals surface area (Å²) in [5.41, 5.74) is 3.50. The monoisotopic (exact) mass is 451 g/mol. The second kappa shape index (κ2) is 9.75. The number of urea groups is 1. The van der Waals surface area contributed by atoms with E-state index in [9.17, 15) is 4.79 Å². The maximum Gasteiger partial charge on any atom is 0.319 e. The molecule has 4 atom stereocenters. The number of hydrogen-bond donors (Lipinski definition) is 2.